The van der Waals surface area contributed by atoms with Crippen LogP contribution in [0.2, 0.25) is 0 Å². The Morgan fingerprint density at radius 1 is 1.08 bits per heavy atom. The second kappa shape index (κ2) is 7.97. The predicted octanol–water partition coefficient (Wildman–Crippen LogP) is 5.15. The maximum Gasteiger partial charge on any atom is 0.341 e. The largest absolute Gasteiger partial charge is 0.462 e. The van der Waals surface area contributed by atoms with Crippen LogP contribution in [0.25, 0.3) is 11.1 Å². The van der Waals surface area contributed by atoms with E-state index in [-0.39, 0.29) is 12.5 Å². The molecule has 0 bridgehead atoms. The number of benzene rings is 2. The second-order valence-electron chi connectivity index (χ2n) is 5.76. The minimum atomic E-state index is -0.438. The molecule has 3 aromatic rings. The molecule has 1 heterocycles. The number of hydrogen-bond acceptors (Lipinski definition) is 4. The van der Waals surface area contributed by atoms with E-state index in [1.807, 2.05) is 60.8 Å². The topological polar surface area (TPSA) is 55.4 Å². The first-order valence-corrected chi connectivity index (χ1v) is 9.20. The van der Waals surface area contributed by atoms with Crippen LogP contribution in [-0.4, -0.2) is 18.5 Å². The molecule has 0 atom stereocenters. The summed E-state index contributed by atoms with van der Waals surface area (Å²) in [5, 5.41) is 5.23. The zero-order valence-electron chi connectivity index (χ0n) is 14.6. The fourth-order valence-electron chi connectivity index (χ4n) is 2.65. The molecule has 3 rings (SSSR count). The molecule has 0 unspecified atom stereocenters. The minimum Gasteiger partial charge on any atom is -0.462 e. The molecule has 0 aliphatic carbocycles. The van der Waals surface area contributed by atoms with Crippen molar-refractivity contribution in [1.29, 1.82) is 0 Å². The number of thiophene rings is 1. The van der Waals surface area contributed by atoms with Gasteiger partial charge in [0.2, 0.25) is 0 Å². The van der Waals surface area contributed by atoms with E-state index in [0.717, 1.165) is 16.7 Å². The Morgan fingerprint density at radius 3 is 2.54 bits per heavy atom. The number of amides is 1. The first-order chi connectivity index (χ1) is 12.6. The fourth-order valence-corrected chi connectivity index (χ4v) is 3.60. The van der Waals surface area contributed by atoms with Crippen LogP contribution in [-0.2, 0) is 4.74 Å². The highest BCUT2D eigenvalue weighted by molar-refractivity contribution is 7.15. The highest BCUT2D eigenvalue weighted by Gasteiger charge is 2.23. The van der Waals surface area contributed by atoms with Crippen LogP contribution < -0.4 is 5.32 Å². The van der Waals surface area contributed by atoms with Gasteiger partial charge in [0.25, 0.3) is 5.91 Å². The molecule has 1 aromatic heterocycles. The fraction of sp³-hybridized carbons (Fsp3) is 0.143. The molecular formula is C21H19NO3S. The number of anilines is 1. The number of carbonyl (C=O) groups is 2. The lowest BCUT2D eigenvalue weighted by molar-refractivity contribution is 0.0529. The normalized spacial score (nSPS) is 10.4. The number of rotatable bonds is 5. The van der Waals surface area contributed by atoms with E-state index < -0.39 is 5.97 Å². The van der Waals surface area contributed by atoms with Crippen LogP contribution in [0.1, 0.15) is 33.2 Å². The molecule has 1 amide bonds. The van der Waals surface area contributed by atoms with Crippen molar-refractivity contribution in [3.63, 3.8) is 0 Å². The maximum absolute atomic E-state index is 12.6. The van der Waals surface area contributed by atoms with Crippen molar-refractivity contribution in [1.82, 2.24) is 0 Å². The summed E-state index contributed by atoms with van der Waals surface area (Å²) >= 11 is 1.32. The predicted molar refractivity (Wildman–Crippen MR) is 105 cm³/mol. The van der Waals surface area contributed by atoms with Crippen LogP contribution in [0.3, 0.4) is 0 Å². The van der Waals surface area contributed by atoms with Crippen LogP contribution in [0.5, 0.6) is 0 Å². The van der Waals surface area contributed by atoms with Gasteiger partial charge in [0.1, 0.15) is 10.6 Å². The number of carbonyl (C=O) groups excluding carboxylic acids is 2. The van der Waals surface area contributed by atoms with Gasteiger partial charge in [-0.1, -0.05) is 48.0 Å². The zero-order valence-corrected chi connectivity index (χ0v) is 15.4. The minimum absolute atomic E-state index is 0.249. The molecule has 1 N–H and O–H groups in total. The van der Waals surface area contributed by atoms with Gasteiger partial charge in [0.05, 0.1) is 6.61 Å². The molecule has 5 heteroatoms. The number of nitrogens with one attached hydrogen (secondary N) is 1. The Balaban J connectivity index is 1.98. The van der Waals surface area contributed by atoms with Gasteiger partial charge in [-0.2, -0.15) is 0 Å². The summed E-state index contributed by atoms with van der Waals surface area (Å²) in [6, 6.07) is 16.9. The molecule has 26 heavy (non-hydrogen) atoms. The SMILES string of the molecule is CCOC(=O)c1c(-c2ccccc2)csc1NC(=O)c1cccc(C)c1. The molecule has 2 aromatic carbocycles. The lowest BCUT2D eigenvalue weighted by atomic mass is 10.0. The molecule has 0 saturated heterocycles. The number of hydrogen-bond donors (Lipinski definition) is 1. The van der Waals surface area contributed by atoms with E-state index in [2.05, 4.69) is 5.32 Å². The molecule has 0 saturated carbocycles. The highest BCUT2D eigenvalue weighted by atomic mass is 32.1. The summed E-state index contributed by atoms with van der Waals surface area (Å²) in [4.78, 5) is 25.1. The first kappa shape index (κ1) is 17.9. The van der Waals surface area contributed by atoms with Crippen LogP contribution in [0.15, 0.2) is 60.0 Å². The third-order valence-electron chi connectivity index (χ3n) is 3.86. The average molecular weight is 365 g/mol. The lowest BCUT2D eigenvalue weighted by Gasteiger charge is -2.09. The van der Waals surface area contributed by atoms with E-state index in [4.69, 9.17) is 4.74 Å². The Kier molecular flexibility index (Phi) is 5.49. The van der Waals surface area contributed by atoms with Crippen molar-refractivity contribution < 1.29 is 14.3 Å². The first-order valence-electron chi connectivity index (χ1n) is 8.32. The van der Waals surface area contributed by atoms with Gasteiger partial charge in [0.15, 0.2) is 0 Å². The van der Waals surface area contributed by atoms with Crippen LogP contribution >= 0.6 is 11.3 Å². The van der Waals surface area contributed by atoms with Crippen molar-refractivity contribution in [2.75, 3.05) is 11.9 Å². The third kappa shape index (κ3) is 3.83. The van der Waals surface area contributed by atoms with E-state index in [1.165, 1.54) is 11.3 Å². The summed E-state index contributed by atoms with van der Waals surface area (Å²) < 4.78 is 5.21. The Labute approximate surface area is 156 Å². The van der Waals surface area contributed by atoms with E-state index in [9.17, 15) is 9.59 Å². The van der Waals surface area contributed by atoms with E-state index >= 15 is 0 Å². The van der Waals surface area contributed by atoms with Gasteiger partial charge in [-0.3, -0.25) is 4.79 Å². The summed E-state index contributed by atoms with van der Waals surface area (Å²) in [6.07, 6.45) is 0. The van der Waals surface area contributed by atoms with Gasteiger partial charge < -0.3 is 10.1 Å². The van der Waals surface area contributed by atoms with Crippen molar-refractivity contribution in [2.24, 2.45) is 0 Å². The smallest absolute Gasteiger partial charge is 0.341 e. The Morgan fingerprint density at radius 2 is 1.85 bits per heavy atom. The van der Waals surface area contributed by atoms with Crippen molar-refractivity contribution in [3.05, 3.63) is 76.7 Å². The average Bonchev–Trinajstić information content (AvgIpc) is 3.06. The quantitative estimate of drug-likeness (QED) is 0.636. The molecule has 132 valence electrons. The number of aryl methyl sites for hydroxylation is 1. The van der Waals surface area contributed by atoms with Gasteiger partial charge in [0, 0.05) is 16.5 Å². The van der Waals surface area contributed by atoms with Gasteiger partial charge in [-0.25, -0.2) is 4.79 Å². The Hall–Kier alpha value is -2.92. The van der Waals surface area contributed by atoms with Crippen molar-refractivity contribution >= 4 is 28.2 Å². The summed E-state index contributed by atoms with van der Waals surface area (Å²) in [6.45, 7) is 3.96. The Bertz CT molecular complexity index is 931. The maximum atomic E-state index is 12.6. The van der Waals surface area contributed by atoms with Gasteiger partial charge in [-0.15, -0.1) is 11.3 Å². The van der Waals surface area contributed by atoms with Crippen LogP contribution in [0, 0.1) is 6.92 Å². The third-order valence-corrected chi connectivity index (χ3v) is 4.76. The van der Waals surface area contributed by atoms with Gasteiger partial charge in [-0.05, 0) is 31.5 Å². The molecular weight excluding hydrogens is 346 g/mol. The summed E-state index contributed by atoms with van der Waals surface area (Å²) in [5.41, 5.74) is 3.61. The number of ether oxygens (including phenoxy) is 1. The molecule has 0 aliphatic rings. The molecule has 0 spiro atoms. The van der Waals surface area contributed by atoms with Crippen LogP contribution in [0.4, 0.5) is 5.00 Å². The van der Waals surface area contributed by atoms with E-state index in [0.29, 0.717) is 16.1 Å². The number of esters is 1. The van der Waals surface area contributed by atoms with E-state index in [1.54, 1.807) is 13.0 Å². The molecule has 0 aliphatic heterocycles. The lowest BCUT2D eigenvalue weighted by Crippen LogP contribution is -2.14. The standard InChI is InChI=1S/C21H19NO3S/c1-3-25-21(24)18-17(15-9-5-4-6-10-15)13-26-20(18)22-19(23)16-11-7-8-14(2)12-16/h4-13H,3H2,1-2H3,(H,22,23). The molecule has 0 fully saturated rings. The molecule has 4 nitrogen and oxygen atoms in total. The monoisotopic (exact) mass is 365 g/mol. The zero-order chi connectivity index (χ0) is 18.5. The highest BCUT2D eigenvalue weighted by Crippen LogP contribution is 2.36. The second-order valence-corrected chi connectivity index (χ2v) is 6.64. The summed E-state index contributed by atoms with van der Waals surface area (Å²) in [7, 11) is 0. The molecule has 0 radical (unpaired) electrons. The summed E-state index contributed by atoms with van der Waals surface area (Å²) in [5.74, 6) is -0.687. The van der Waals surface area contributed by atoms with Crippen molar-refractivity contribution in [2.45, 2.75) is 13.8 Å². The van der Waals surface area contributed by atoms with Crippen molar-refractivity contribution in [3.8, 4) is 11.1 Å². The van der Waals surface area contributed by atoms with Gasteiger partial charge >= 0.3 is 5.97 Å².